The van der Waals surface area contributed by atoms with Gasteiger partial charge in [-0.3, -0.25) is 4.79 Å². The van der Waals surface area contributed by atoms with Crippen LogP contribution < -0.4 is 5.32 Å². The first-order chi connectivity index (χ1) is 12.0. The number of tetrazole rings is 1. The molecule has 0 aliphatic heterocycles. The van der Waals surface area contributed by atoms with Crippen molar-refractivity contribution in [3.63, 3.8) is 0 Å². The summed E-state index contributed by atoms with van der Waals surface area (Å²) in [7, 11) is 0. The van der Waals surface area contributed by atoms with E-state index in [1.165, 1.54) is 23.9 Å². The Kier molecular flexibility index (Phi) is 5.08. The molecule has 1 heterocycles. The number of rotatable bonds is 5. The van der Waals surface area contributed by atoms with Crippen molar-refractivity contribution in [3.05, 3.63) is 59.9 Å². The van der Waals surface area contributed by atoms with E-state index in [1.807, 2.05) is 31.2 Å². The number of aromatic nitrogens is 4. The van der Waals surface area contributed by atoms with Gasteiger partial charge in [0.25, 0.3) is 0 Å². The molecule has 1 atom stereocenters. The number of anilines is 1. The number of benzene rings is 2. The second kappa shape index (κ2) is 7.43. The van der Waals surface area contributed by atoms with E-state index in [2.05, 4.69) is 20.8 Å². The van der Waals surface area contributed by atoms with Crippen LogP contribution in [-0.2, 0) is 4.79 Å². The first-order valence-corrected chi connectivity index (χ1v) is 8.50. The van der Waals surface area contributed by atoms with Gasteiger partial charge in [0.2, 0.25) is 11.1 Å². The molecule has 3 aromatic rings. The highest BCUT2D eigenvalue weighted by molar-refractivity contribution is 8.00. The molecule has 0 bridgehead atoms. The molecule has 6 nitrogen and oxygen atoms in total. The van der Waals surface area contributed by atoms with E-state index in [0.29, 0.717) is 5.16 Å². The summed E-state index contributed by atoms with van der Waals surface area (Å²) in [6, 6.07) is 13.8. The van der Waals surface area contributed by atoms with Crippen molar-refractivity contribution in [2.24, 2.45) is 0 Å². The second-order valence-electron chi connectivity index (χ2n) is 5.44. The molecule has 1 amide bonds. The van der Waals surface area contributed by atoms with E-state index in [1.54, 1.807) is 23.7 Å². The molecule has 0 saturated heterocycles. The summed E-state index contributed by atoms with van der Waals surface area (Å²) < 4.78 is 15.2. The van der Waals surface area contributed by atoms with E-state index >= 15 is 0 Å². The molecule has 2 aromatic carbocycles. The number of aryl methyl sites for hydroxylation is 1. The molecular weight excluding hydrogens is 341 g/mol. The molecule has 1 N–H and O–H groups in total. The fourth-order valence-electron chi connectivity index (χ4n) is 2.18. The Hall–Kier alpha value is -2.74. The Morgan fingerprint density at radius 1 is 1.24 bits per heavy atom. The average molecular weight is 357 g/mol. The van der Waals surface area contributed by atoms with Gasteiger partial charge in [0, 0.05) is 0 Å². The average Bonchev–Trinajstić information content (AvgIpc) is 3.05. The van der Waals surface area contributed by atoms with Crippen molar-refractivity contribution < 1.29 is 9.18 Å². The van der Waals surface area contributed by atoms with E-state index < -0.39 is 11.1 Å². The van der Waals surface area contributed by atoms with Crippen molar-refractivity contribution >= 4 is 23.4 Å². The number of halogens is 1. The number of hydrogen-bond donors (Lipinski definition) is 1. The number of para-hydroxylation sites is 1. The largest absolute Gasteiger partial charge is 0.323 e. The van der Waals surface area contributed by atoms with Crippen LogP contribution in [0.4, 0.5) is 10.1 Å². The van der Waals surface area contributed by atoms with Crippen LogP contribution in [0, 0.1) is 12.7 Å². The molecule has 1 aromatic heterocycles. The lowest BCUT2D eigenvalue weighted by molar-refractivity contribution is -0.115. The summed E-state index contributed by atoms with van der Waals surface area (Å²) in [5.41, 5.74) is 2.04. The predicted molar refractivity (Wildman–Crippen MR) is 94.2 cm³/mol. The highest BCUT2D eigenvalue weighted by Gasteiger charge is 2.20. The van der Waals surface area contributed by atoms with Crippen LogP contribution in [0.5, 0.6) is 0 Å². The lowest BCUT2D eigenvalue weighted by Gasteiger charge is -2.12. The molecule has 0 spiro atoms. The van der Waals surface area contributed by atoms with Gasteiger partial charge in [-0.05, 0) is 54.1 Å². The number of hydrogen-bond acceptors (Lipinski definition) is 5. The summed E-state index contributed by atoms with van der Waals surface area (Å²) in [6.07, 6.45) is 0. The minimum absolute atomic E-state index is 0.151. The van der Waals surface area contributed by atoms with Gasteiger partial charge in [-0.2, -0.15) is 4.68 Å². The zero-order valence-corrected chi connectivity index (χ0v) is 14.5. The van der Waals surface area contributed by atoms with Crippen LogP contribution in [-0.4, -0.2) is 31.4 Å². The standard InChI is InChI=1S/C17H16FN5OS/c1-11-6-5-7-13(10-11)23-17(20-21-22-23)25-12(2)16(24)19-15-9-4-3-8-14(15)18/h3-10,12H,1-2H3,(H,19,24). The molecule has 1 unspecified atom stereocenters. The number of thioether (sulfide) groups is 1. The molecule has 0 saturated carbocycles. The molecular formula is C17H16FN5OS. The number of amides is 1. The Balaban J connectivity index is 1.74. The molecule has 0 fully saturated rings. The minimum atomic E-state index is -0.505. The number of nitrogens with one attached hydrogen (secondary N) is 1. The fourth-order valence-corrected chi connectivity index (χ4v) is 2.99. The summed E-state index contributed by atoms with van der Waals surface area (Å²) in [5.74, 6) is -0.800. The smallest absolute Gasteiger partial charge is 0.237 e. The maximum atomic E-state index is 13.7. The molecule has 0 radical (unpaired) electrons. The third-order valence-electron chi connectivity index (χ3n) is 3.47. The van der Waals surface area contributed by atoms with Crippen LogP contribution in [0.25, 0.3) is 5.69 Å². The topological polar surface area (TPSA) is 72.7 Å². The van der Waals surface area contributed by atoms with Gasteiger partial charge in [-0.1, -0.05) is 36.0 Å². The second-order valence-corrected chi connectivity index (χ2v) is 6.75. The Bertz CT molecular complexity index is 898. The van der Waals surface area contributed by atoms with Gasteiger partial charge in [-0.25, -0.2) is 4.39 Å². The Labute approximate surface area is 148 Å². The van der Waals surface area contributed by atoms with Crippen molar-refractivity contribution in [1.82, 2.24) is 20.2 Å². The maximum Gasteiger partial charge on any atom is 0.237 e. The third kappa shape index (κ3) is 4.03. The number of carbonyl (C=O) groups is 1. The summed E-state index contributed by atoms with van der Waals surface area (Å²) in [4.78, 5) is 12.3. The van der Waals surface area contributed by atoms with Gasteiger partial charge >= 0.3 is 0 Å². The Morgan fingerprint density at radius 2 is 2.04 bits per heavy atom. The first kappa shape index (κ1) is 17.1. The number of carbonyl (C=O) groups excluding carboxylic acids is 1. The van der Waals surface area contributed by atoms with Gasteiger partial charge < -0.3 is 5.32 Å². The van der Waals surface area contributed by atoms with Crippen LogP contribution >= 0.6 is 11.8 Å². The van der Waals surface area contributed by atoms with Crippen LogP contribution in [0.2, 0.25) is 0 Å². The summed E-state index contributed by atoms with van der Waals surface area (Å²) >= 11 is 1.20. The van der Waals surface area contributed by atoms with Gasteiger partial charge in [0.15, 0.2) is 0 Å². The molecule has 0 aliphatic rings. The van der Waals surface area contributed by atoms with Crippen molar-refractivity contribution in [1.29, 1.82) is 0 Å². The molecule has 8 heteroatoms. The first-order valence-electron chi connectivity index (χ1n) is 7.62. The fraction of sp³-hybridized carbons (Fsp3) is 0.176. The van der Waals surface area contributed by atoms with E-state index in [9.17, 15) is 9.18 Å². The molecule has 128 valence electrons. The van der Waals surface area contributed by atoms with Crippen molar-refractivity contribution in [2.75, 3.05) is 5.32 Å². The highest BCUT2D eigenvalue weighted by Crippen LogP contribution is 2.24. The summed E-state index contributed by atoms with van der Waals surface area (Å²) in [5, 5.41) is 14.2. The van der Waals surface area contributed by atoms with Crippen molar-refractivity contribution in [3.8, 4) is 5.69 Å². The van der Waals surface area contributed by atoms with Gasteiger partial charge in [-0.15, -0.1) is 5.10 Å². The quantitative estimate of drug-likeness (QED) is 0.710. The maximum absolute atomic E-state index is 13.7. The monoisotopic (exact) mass is 357 g/mol. The lowest BCUT2D eigenvalue weighted by Crippen LogP contribution is -2.23. The van der Waals surface area contributed by atoms with Crippen LogP contribution in [0.15, 0.2) is 53.7 Å². The van der Waals surface area contributed by atoms with Gasteiger partial charge in [0.1, 0.15) is 5.82 Å². The SMILES string of the molecule is Cc1cccc(-n2nnnc2SC(C)C(=O)Nc2ccccc2F)c1. The van der Waals surface area contributed by atoms with Crippen LogP contribution in [0.3, 0.4) is 0 Å². The summed E-state index contributed by atoms with van der Waals surface area (Å²) in [6.45, 7) is 3.70. The Morgan fingerprint density at radius 3 is 2.80 bits per heavy atom. The van der Waals surface area contributed by atoms with E-state index in [4.69, 9.17) is 0 Å². The predicted octanol–water partition coefficient (Wildman–Crippen LogP) is 3.23. The minimum Gasteiger partial charge on any atom is -0.323 e. The van der Waals surface area contributed by atoms with Crippen LogP contribution in [0.1, 0.15) is 12.5 Å². The van der Waals surface area contributed by atoms with E-state index in [-0.39, 0.29) is 11.6 Å². The van der Waals surface area contributed by atoms with Gasteiger partial charge in [0.05, 0.1) is 16.6 Å². The number of nitrogens with zero attached hydrogens (tertiary/aromatic N) is 4. The normalized spacial score (nSPS) is 12.0. The van der Waals surface area contributed by atoms with E-state index in [0.717, 1.165) is 11.3 Å². The van der Waals surface area contributed by atoms with Crippen molar-refractivity contribution in [2.45, 2.75) is 24.3 Å². The zero-order valence-electron chi connectivity index (χ0n) is 13.7. The highest BCUT2D eigenvalue weighted by atomic mass is 32.2. The third-order valence-corrected chi connectivity index (χ3v) is 4.50. The molecule has 0 aliphatic carbocycles. The lowest BCUT2D eigenvalue weighted by atomic mass is 10.2. The molecule has 25 heavy (non-hydrogen) atoms. The molecule has 3 rings (SSSR count). The zero-order chi connectivity index (χ0) is 17.8.